The first-order valence-electron chi connectivity index (χ1n) is 11.0. The van der Waals surface area contributed by atoms with E-state index in [-0.39, 0.29) is 41.5 Å². The molecule has 9 atom stereocenters. The predicted octanol–water partition coefficient (Wildman–Crippen LogP) is 4.92. The fourth-order valence-electron chi connectivity index (χ4n) is 6.42. The number of hydrogen-bond donors (Lipinski definition) is 0. The highest BCUT2D eigenvalue weighted by Gasteiger charge is 2.60. The van der Waals surface area contributed by atoms with Gasteiger partial charge in [-0.05, 0) is 62.7 Å². The molecule has 4 rings (SSSR count). The van der Waals surface area contributed by atoms with E-state index in [1.54, 1.807) is 0 Å². The summed E-state index contributed by atoms with van der Waals surface area (Å²) in [4.78, 5) is 0. The zero-order valence-electron chi connectivity index (χ0n) is 17.4. The largest absolute Gasteiger partial charge is 0.412 e. The highest BCUT2D eigenvalue weighted by molar-refractivity contribution is 5.17. The van der Waals surface area contributed by atoms with Gasteiger partial charge in [-0.25, -0.2) is 8.78 Å². The Bertz CT molecular complexity index is 596. The lowest BCUT2D eigenvalue weighted by atomic mass is 9.66. The summed E-state index contributed by atoms with van der Waals surface area (Å²) >= 11 is 0. The van der Waals surface area contributed by atoms with Crippen LogP contribution in [0.15, 0.2) is 11.6 Å². The lowest BCUT2D eigenvalue weighted by molar-refractivity contribution is -0.217. The van der Waals surface area contributed by atoms with Gasteiger partial charge in [-0.3, -0.25) is 0 Å². The van der Waals surface area contributed by atoms with E-state index < -0.39 is 36.6 Å². The quantitative estimate of drug-likeness (QED) is 0.452. The summed E-state index contributed by atoms with van der Waals surface area (Å²) < 4.78 is 75.1. The first kappa shape index (κ1) is 25.5. The Hall–Kier alpha value is -0.730. The topological polar surface area (TPSA) is 72.2 Å². The molecule has 0 aromatic carbocycles. The van der Waals surface area contributed by atoms with E-state index in [9.17, 15) is 17.6 Å². The normalized spacial score (nSPS) is 43.5. The van der Waals surface area contributed by atoms with Crippen molar-refractivity contribution in [1.29, 1.82) is 0 Å². The number of ether oxygens (including phenoxy) is 1. The Kier molecular flexibility index (Phi) is 8.36. The minimum absolute atomic E-state index is 0. The second-order valence-corrected chi connectivity index (χ2v) is 9.40. The highest BCUT2D eigenvalue weighted by atomic mass is 19.4. The highest BCUT2D eigenvalue weighted by Crippen LogP contribution is 2.54. The maximum atomic E-state index is 15.4. The molecule has 8 heteroatoms. The molecule has 0 amide bonds. The summed E-state index contributed by atoms with van der Waals surface area (Å²) in [5.74, 6) is -1.91. The van der Waals surface area contributed by atoms with Gasteiger partial charge in [0, 0.05) is 5.92 Å². The van der Waals surface area contributed by atoms with Crippen molar-refractivity contribution in [2.75, 3.05) is 0 Å². The second kappa shape index (κ2) is 9.82. The van der Waals surface area contributed by atoms with Crippen LogP contribution in [0.5, 0.6) is 0 Å². The predicted molar refractivity (Wildman–Crippen MR) is 104 cm³/mol. The van der Waals surface area contributed by atoms with Crippen molar-refractivity contribution in [3.63, 3.8) is 0 Å². The molecule has 4 N–H and O–H groups in total. The molecule has 1 saturated heterocycles. The zero-order valence-corrected chi connectivity index (χ0v) is 17.4. The zero-order chi connectivity index (χ0) is 20.1. The van der Waals surface area contributed by atoms with Gasteiger partial charge < -0.3 is 15.7 Å². The molecular formula is C22H35F5O3. The first-order valence-corrected chi connectivity index (χ1v) is 11.0. The van der Waals surface area contributed by atoms with Crippen LogP contribution in [0.2, 0.25) is 0 Å². The molecule has 0 aromatic heterocycles. The molecule has 3 aliphatic carbocycles. The van der Waals surface area contributed by atoms with Gasteiger partial charge in [-0.15, -0.1) is 0 Å². The molecule has 176 valence electrons. The lowest BCUT2D eigenvalue weighted by Gasteiger charge is -2.39. The van der Waals surface area contributed by atoms with Crippen LogP contribution in [0.3, 0.4) is 0 Å². The summed E-state index contributed by atoms with van der Waals surface area (Å²) in [6.07, 6.45) is -0.634. The molecule has 1 aliphatic heterocycles. The van der Waals surface area contributed by atoms with Crippen LogP contribution in [0.25, 0.3) is 0 Å². The minimum Gasteiger partial charge on any atom is -0.412 e. The average Bonchev–Trinajstić information content (AvgIpc) is 3.03. The third-order valence-corrected chi connectivity index (χ3v) is 7.87. The van der Waals surface area contributed by atoms with Crippen molar-refractivity contribution >= 4 is 0 Å². The minimum atomic E-state index is -4.55. The summed E-state index contributed by atoms with van der Waals surface area (Å²) in [6, 6.07) is 0. The molecule has 4 aliphatic rings. The van der Waals surface area contributed by atoms with Crippen LogP contribution in [0.1, 0.15) is 64.7 Å². The van der Waals surface area contributed by atoms with Crippen molar-refractivity contribution in [3.8, 4) is 0 Å². The van der Waals surface area contributed by atoms with Crippen molar-refractivity contribution in [2.24, 2.45) is 29.6 Å². The van der Waals surface area contributed by atoms with Gasteiger partial charge in [0.1, 0.15) is 12.3 Å². The van der Waals surface area contributed by atoms with Crippen LogP contribution in [-0.4, -0.2) is 41.7 Å². The Labute approximate surface area is 175 Å². The summed E-state index contributed by atoms with van der Waals surface area (Å²) in [7, 11) is 0. The molecule has 3 fully saturated rings. The van der Waals surface area contributed by atoms with E-state index in [0.717, 1.165) is 37.7 Å². The fourth-order valence-corrected chi connectivity index (χ4v) is 6.42. The van der Waals surface area contributed by atoms with Crippen molar-refractivity contribution in [3.05, 3.63) is 11.6 Å². The van der Waals surface area contributed by atoms with Gasteiger partial charge in [0.2, 0.25) is 0 Å². The third-order valence-electron chi connectivity index (χ3n) is 7.87. The van der Waals surface area contributed by atoms with Gasteiger partial charge in [-0.2, -0.15) is 13.2 Å². The maximum absolute atomic E-state index is 15.4. The molecule has 1 heterocycles. The van der Waals surface area contributed by atoms with Crippen LogP contribution in [-0.2, 0) is 4.74 Å². The molecule has 0 radical (unpaired) electrons. The van der Waals surface area contributed by atoms with E-state index in [1.165, 1.54) is 6.42 Å². The monoisotopic (exact) mass is 442 g/mol. The molecule has 3 nitrogen and oxygen atoms in total. The van der Waals surface area contributed by atoms with E-state index in [4.69, 9.17) is 4.74 Å². The van der Waals surface area contributed by atoms with Crippen molar-refractivity contribution in [2.45, 2.75) is 95.4 Å². The molecule has 9 unspecified atom stereocenters. The van der Waals surface area contributed by atoms with E-state index in [2.05, 4.69) is 13.0 Å². The van der Waals surface area contributed by atoms with Crippen LogP contribution in [0.4, 0.5) is 22.0 Å². The first-order chi connectivity index (χ1) is 13.3. The van der Waals surface area contributed by atoms with E-state index in [0.29, 0.717) is 12.3 Å². The molecular weight excluding hydrogens is 407 g/mol. The smallest absolute Gasteiger partial charge is 0.394 e. The summed E-state index contributed by atoms with van der Waals surface area (Å²) in [5.41, 5.74) is 1.15. The molecule has 0 aromatic rings. The summed E-state index contributed by atoms with van der Waals surface area (Å²) in [6.45, 7) is 2.18. The van der Waals surface area contributed by atoms with Gasteiger partial charge in [-0.1, -0.05) is 31.4 Å². The molecule has 0 spiro atoms. The SMILES string of the molecule is CCCC1CC=C(C2CCC3C4CCC(C(F)(F)F)C(F)C4OC3C2F)CC1.O.O. The van der Waals surface area contributed by atoms with Crippen molar-refractivity contribution in [1.82, 2.24) is 0 Å². The average molecular weight is 443 g/mol. The van der Waals surface area contributed by atoms with Crippen molar-refractivity contribution < 1.29 is 37.6 Å². The maximum Gasteiger partial charge on any atom is 0.394 e. The Morgan fingerprint density at radius 2 is 1.57 bits per heavy atom. The third kappa shape index (κ3) is 4.56. The number of fused-ring (bicyclic) bond motifs is 3. The van der Waals surface area contributed by atoms with Gasteiger partial charge >= 0.3 is 6.18 Å². The van der Waals surface area contributed by atoms with Gasteiger partial charge in [0.05, 0.1) is 18.1 Å². The van der Waals surface area contributed by atoms with Crippen LogP contribution in [0, 0.1) is 29.6 Å². The number of rotatable bonds is 3. The molecule has 2 saturated carbocycles. The number of hydrogen-bond acceptors (Lipinski definition) is 1. The van der Waals surface area contributed by atoms with Crippen LogP contribution < -0.4 is 0 Å². The number of allylic oxidation sites excluding steroid dienone is 2. The van der Waals surface area contributed by atoms with E-state index >= 15 is 4.39 Å². The van der Waals surface area contributed by atoms with Gasteiger partial charge in [0.25, 0.3) is 0 Å². The Balaban J connectivity index is 0.00000160. The number of alkyl halides is 5. The molecule has 0 bridgehead atoms. The Morgan fingerprint density at radius 1 is 0.933 bits per heavy atom. The summed E-state index contributed by atoms with van der Waals surface area (Å²) in [5, 5.41) is 0. The fraction of sp³-hybridized carbons (Fsp3) is 0.909. The lowest BCUT2D eigenvalue weighted by Crippen LogP contribution is -2.46. The standard InChI is InChI=1S/C22H31F5O.2H2O/c1-2-3-12-4-6-13(7-5-12)14-8-9-15-16-10-11-17(22(25,26)27)19(24)21(16)28-20(15)18(14)23;;/h6,12,14-21H,2-5,7-11H2,1H3;2*1H2. The number of halogens is 5. The molecule has 30 heavy (non-hydrogen) atoms. The Morgan fingerprint density at radius 3 is 2.13 bits per heavy atom. The van der Waals surface area contributed by atoms with Crippen LogP contribution >= 0.6 is 0 Å². The second-order valence-electron chi connectivity index (χ2n) is 9.40. The van der Waals surface area contributed by atoms with E-state index in [1.807, 2.05) is 0 Å². The van der Waals surface area contributed by atoms with Gasteiger partial charge in [0.15, 0.2) is 0 Å².